The first-order valence-corrected chi connectivity index (χ1v) is 6.05. The maximum Gasteiger partial charge on any atom is 0.224 e. The van der Waals surface area contributed by atoms with Crippen LogP contribution in [-0.2, 0) is 11.3 Å². The summed E-state index contributed by atoms with van der Waals surface area (Å²) in [6.45, 7) is 0.403. The number of nitrogens with one attached hydrogen (secondary N) is 1. The molecule has 2 aromatic rings. The monoisotopic (exact) mass is 259 g/mol. The molecule has 1 aromatic heterocycles. The molecule has 0 saturated carbocycles. The lowest BCUT2D eigenvalue weighted by atomic mass is 10.0. The normalized spacial score (nSPS) is 12.1. The van der Waals surface area contributed by atoms with Crippen molar-refractivity contribution in [2.24, 2.45) is 5.73 Å². The predicted molar refractivity (Wildman–Crippen MR) is 70.8 cm³/mol. The van der Waals surface area contributed by atoms with Gasteiger partial charge in [0, 0.05) is 19.5 Å². The zero-order valence-electron chi connectivity index (χ0n) is 10.8. The van der Waals surface area contributed by atoms with E-state index in [2.05, 4.69) is 15.2 Å². The van der Waals surface area contributed by atoms with Gasteiger partial charge in [0.2, 0.25) is 5.91 Å². The second-order valence-electron chi connectivity index (χ2n) is 4.40. The molecule has 0 spiro atoms. The van der Waals surface area contributed by atoms with Crippen LogP contribution in [0.5, 0.6) is 0 Å². The van der Waals surface area contributed by atoms with E-state index in [1.54, 1.807) is 11.9 Å². The molecule has 3 N–H and O–H groups in total. The van der Waals surface area contributed by atoms with Crippen LogP contribution in [0.2, 0.25) is 0 Å². The van der Waals surface area contributed by atoms with Crippen LogP contribution < -0.4 is 5.73 Å². The number of carbonyl (C=O) groups is 1. The van der Waals surface area contributed by atoms with Gasteiger partial charge in [0.05, 0.1) is 6.54 Å². The lowest BCUT2D eigenvalue weighted by Gasteiger charge is -2.18. The highest BCUT2D eigenvalue weighted by Crippen LogP contribution is 2.14. The molecule has 0 bridgehead atoms. The summed E-state index contributed by atoms with van der Waals surface area (Å²) in [6, 6.07) is 9.32. The molecule has 6 heteroatoms. The molecule has 1 amide bonds. The summed E-state index contributed by atoms with van der Waals surface area (Å²) in [6.07, 6.45) is 1.69. The predicted octanol–water partition coefficient (Wildman–Crippen LogP) is 0.853. The van der Waals surface area contributed by atoms with Crippen molar-refractivity contribution in [3.8, 4) is 0 Å². The number of carbonyl (C=O) groups excluding carboxylic acids is 1. The molecule has 6 nitrogen and oxygen atoms in total. The first kappa shape index (κ1) is 13.2. The van der Waals surface area contributed by atoms with Gasteiger partial charge in [-0.05, 0) is 5.56 Å². The van der Waals surface area contributed by atoms with Crippen LogP contribution >= 0.6 is 0 Å². The Bertz CT molecular complexity index is 511. The fraction of sp³-hybridized carbons (Fsp3) is 0.308. The second-order valence-corrected chi connectivity index (χ2v) is 4.40. The van der Waals surface area contributed by atoms with Crippen LogP contribution in [0.25, 0.3) is 0 Å². The summed E-state index contributed by atoms with van der Waals surface area (Å²) in [5.74, 6) is 0.636. The lowest BCUT2D eigenvalue weighted by molar-refractivity contribution is -0.130. The Morgan fingerprint density at radius 3 is 2.79 bits per heavy atom. The van der Waals surface area contributed by atoms with Crippen molar-refractivity contribution in [2.45, 2.75) is 19.0 Å². The summed E-state index contributed by atoms with van der Waals surface area (Å²) in [4.78, 5) is 17.6. The molecule has 1 heterocycles. The number of hydrogen-bond donors (Lipinski definition) is 2. The van der Waals surface area contributed by atoms with Gasteiger partial charge in [-0.1, -0.05) is 30.3 Å². The first-order chi connectivity index (χ1) is 9.16. The van der Waals surface area contributed by atoms with Crippen LogP contribution in [0.3, 0.4) is 0 Å². The highest BCUT2D eigenvalue weighted by atomic mass is 16.2. The third kappa shape index (κ3) is 3.62. The van der Waals surface area contributed by atoms with Crippen LogP contribution in [0, 0.1) is 0 Å². The van der Waals surface area contributed by atoms with Crippen LogP contribution in [0.1, 0.15) is 23.9 Å². The van der Waals surface area contributed by atoms with Gasteiger partial charge in [-0.3, -0.25) is 9.89 Å². The van der Waals surface area contributed by atoms with E-state index in [-0.39, 0.29) is 18.4 Å². The van der Waals surface area contributed by atoms with Crippen LogP contribution in [0.4, 0.5) is 0 Å². The topological polar surface area (TPSA) is 87.9 Å². The van der Waals surface area contributed by atoms with E-state index < -0.39 is 0 Å². The van der Waals surface area contributed by atoms with Gasteiger partial charge in [0.1, 0.15) is 12.2 Å². The third-order valence-electron chi connectivity index (χ3n) is 2.90. The number of aromatic amines is 1. The maximum absolute atomic E-state index is 12.0. The molecule has 1 unspecified atom stereocenters. The molecule has 0 aliphatic carbocycles. The molecular weight excluding hydrogens is 242 g/mol. The van der Waals surface area contributed by atoms with Crippen molar-refractivity contribution in [1.82, 2.24) is 20.1 Å². The summed E-state index contributed by atoms with van der Waals surface area (Å²) in [5, 5.41) is 6.47. The minimum absolute atomic E-state index is 0.0206. The number of benzene rings is 1. The van der Waals surface area contributed by atoms with Gasteiger partial charge < -0.3 is 10.6 Å². The Hall–Kier alpha value is -2.21. The van der Waals surface area contributed by atoms with Crippen molar-refractivity contribution >= 4 is 5.91 Å². The fourth-order valence-corrected chi connectivity index (χ4v) is 1.78. The number of amides is 1. The van der Waals surface area contributed by atoms with Crippen LogP contribution in [-0.4, -0.2) is 33.0 Å². The molecule has 1 aromatic carbocycles. The lowest BCUT2D eigenvalue weighted by Crippen LogP contribution is -2.29. The fourth-order valence-electron chi connectivity index (χ4n) is 1.78. The number of rotatable bonds is 5. The molecule has 0 aliphatic rings. The van der Waals surface area contributed by atoms with Crippen LogP contribution in [0.15, 0.2) is 36.7 Å². The van der Waals surface area contributed by atoms with Crippen molar-refractivity contribution in [1.29, 1.82) is 0 Å². The van der Waals surface area contributed by atoms with Crippen molar-refractivity contribution in [3.05, 3.63) is 48.0 Å². The minimum atomic E-state index is -0.286. The number of aromatic nitrogens is 3. The molecule has 2 rings (SSSR count). The zero-order valence-corrected chi connectivity index (χ0v) is 10.8. The maximum atomic E-state index is 12.0. The number of H-pyrrole nitrogens is 1. The molecular formula is C13H17N5O. The Morgan fingerprint density at radius 2 is 2.16 bits per heavy atom. The molecule has 19 heavy (non-hydrogen) atoms. The van der Waals surface area contributed by atoms with E-state index in [0.29, 0.717) is 12.4 Å². The summed E-state index contributed by atoms with van der Waals surface area (Å²) >= 11 is 0. The summed E-state index contributed by atoms with van der Waals surface area (Å²) < 4.78 is 0. The van der Waals surface area contributed by atoms with Crippen molar-refractivity contribution in [3.63, 3.8) is 0 Å². The van der Waals surface area contributed by atoms with E-state index in [1.165, 1.54) is 6.33 Å². The second kappa shape index (κ2) is 6.10. The Labute approximate surface area is 111 Å². The van der Waals surface area contributed by atoms with Gasteiger partial charge in [0.15, 0.2) is 0 Å². The standard InChI is InChI=1S/C13H17N5O/c1-18(8-12-15-9-16-17-12)13(19)7-11(14)10-5-3-2-4-6-10/h2-6,9,11H,7-8,14H2,1H3,(H,15,16,17). The van der Waals surface area contributed by atoms with Crippen molar-refractivity contribution < 1.29 is 4.79 Å². The third-order valence-corrected chi connectivity index (χ3v) is 2.90. The van der Waals surface area contributed by atoms with Gasteiger partial charge >= 0.3 is 0 Å². The Balaban J connectivity index is 1.90. The van der Waals surface area contributed by atoms with E-state index in [1.807, 2.05) is 30.3 Å². The quantitative estimate of drug-likeness (QED) is 0.833. The van der Waals surface area contributed by atoms with Crippen molar-refractivity contribution in [2.75, 3.05) is 7.05 Å². The highest BCUT2D eigenvalue weighted by molar-refractivity contribution is 5.76. The summed E-state index contributed by atoms with van der Waals surface area (Å²) in [7, 11) is 1.72. The average Bonchev–Trinajstić information content (AvgIpc) is 2.92. The first-order valence-electron chi connectivity index (χ1n) is 6.05. The molecule has 0 radical (unpaired) electrons. The zero-order chi connectivity index (χ0) is 13.7. The molecule has 0 fully saturated rings. The smallest absolute Gasteiger partial charge is 0.224 e. The molecule has 100 valence electrons. The van der Waals surface area contributed by atoms with Gasteiger partial charge in [-0.25, -0.2) is 4.98 Å². The van der Waals surface area contributed by atoms with E-state index in [9.17, 15) is 4.79 Å². The SMILES string of the molecule is CN(Cc1ncn[nH]1)C(=O)CC(N)c1ccccc1. The molecule has 1 atom stereocenters. The Kier molecular flexibility index (Phi) is 4.25. The summed E-state index contributed by atoms with van der Waals surface area (Å²) in [5.41, 5.74) is 6.99. The van der Waals surface area contributed by atoms with E-state index in [0.717, 1.165) is 5.56 Å². The van der Waals surface area contributed by atoms with E-state index in [4.69, 9.17) is 5.73 Å². The molecule has 0 aliphatic heterocycles. The molecule has 0 saturated heterocycles. The highest BCUT2D eigenvalue weighted by Gasteiger charge is 2.15. The van der Waals surface area contributed by atoms with Gasteiger partial charge in [-0.2, -0.15) is 5.10 Å². The number of nitrogens with zero attached hydrogens (tertiary/aromatic N) is 3. The van der Waals surface area contributed by atoms with Gasteiger partial charge in [-0.15, -0.1) is 0 Å². The van der Waals surface area contributed by atoms with Gasteiger partial charge in [0.25, 0.3) is 0 Å². The van der Waals surface area contributed by atoms with E-state index >= 15 is 0 Å². The largest absolute Gasteiger partial charge is 0.338 e. The Morgan fingerprint density at radius 1 is 1.42 bits per heavy atom. The average molecular weight is 259 g/mol. The number of nitrogens with two attached hydrogens (primary N) is 1. The number of hydrogen-bond acceptors (Lipinski definition) is 4. The minimum Gasteiger partial charge on any atom is -0.338 e.